The number of nitrogens with zero attached hydrogens (tertiary/aromatic N) is 1. The second kappa shape index (κ2) is 8.83. The molecule has 1 heterocycles. The quantitative estimate of drug-likeness (QED) is 0.679. The fourth-order valence-corrected chi connectivity index (χ4v) is 4.47. The van der Waals surface area contributed by atoms with Crippen molar-refractivity contribution in [1.82, 2.24) is 4.90 Å². The van der Waals surface area contributed by atoms with Gasteiger partial charge >= 0.3 is 0 Å². The minimum absolute atomic E-state index is 0.695. The molecule has 0 aliphatic carbocycles. The highest BCUT2D eigenvalue weighted by Gasteiger charge is 2.31. The number of hydrogen-bond acceptors (Lipinski definition) is 2. The summed E-state index contributed by atoms with van der Waals surface area (Å²) in [5, 5.41) is 11.6. The molecule has 2 aromatic rings. The summed E-state index contributed by atoms with van der Waals surface area (Å²) in [5.41, 5.74) is 1.08. The predicted octanol–water partition coefficient (Wildman–Crippen LogP) is 5.36. The van der Waals surface area contributed by atoms with Gasteiger partial charge in [-0.05, 0) is 63.6 Å². The Morgan fingerprint density at radius 1 is 0.846 bits per heavy atom. The van der Waals surface area contributed by atoms with E-state index in [4.69, 9.17) is 0 Å². The molecule has 0 unspecified atom stereocenters. The van der Waals surface area contributed by atoms with Crippen LogP contribution in [0.1, 0.15) is 63.5 Å². The highest BCUT2D eigenvalue weighted by Crippen LogP contribution is 2.34. The summed E-state index contributed by atoms with van der Waals surface area (Å²) in [5.74, 6) is 0. The monoisotopic (exact) mass is 351 g/mol. The minimum Gasteiger partial charge on any atom is -0.380 e. The Hall–Kier alpha value is -1.64. The Balaban J connectivity index is 1.66. The van der Waals surface area contributed by atoms with Gasteiger partial charge in [0.05, 0.1) is 0 Å². The highest BCUT2D eigenvalue weighted by molar-refractivity contribution is 5.35. The highest BCUT2D eigenvalue weighted by atomic mass is 16.3. The maximum atomic E-state index is 11.6. The third-order valence-electron chi connectivity index (χ3n) is 6.08. The molecule has 0 spiro atoms. The van der Waals surface area contributed by atoms with Gasteiger partial charge < -0.3 is 5.11 Å². The Morgan fingerprint density at radius 3 is 1.85 bits per heavy atom. The lowest BCUT2D eigenvalue weighted by molar-refractivity contribution is 0.0623. The fourth-order valence-electron chi connectivity index (χ4n) is 4.47. The second-order valence-electron chi connectivity index (χ2n) is 7.92. The second-order valence-corrected chi connectivity index (χ2v) is 7.92. The maximum Gasteiger partial charge on any atom is 0.115 e. The van der Waals surface area contributed by atoms with E-state index in [0.29, 0.717) is 12.1 Å². The predicted molar refractivity (Wildman–Crippen MR) is 109 cm³/mol. The van der Waals surface area contributed by atoms with E-state index < -0.39 is 5.60 Å². The standard InChI is InChI=1S/C24H33NO/c1-20-12-11-13-21(2)25(20)19-10-9-18-24(26,22-14-5-3-6-15-22)23-16-7-4-8-17-23/h3-8,14-17,20-21,26H,9-13,18-19H2,1-2H3/t20-,21-/m1/s1. The summed E-state index contributed by atoms with van der Waals surface area (Å²) >= 11 is 0. The lowest BCUT2D eigenvalue weighted by Crippen LogP contribution is -2.44. The number of likely N-dealkylation sites (tertiary alicyclic amines) is 1. The fraction of sp³-hybridized carbons (Fsp3) is 0.500. The van der Waals surface area contributed by atoms with Crippen molar-refractivity contribution in [3.63, 3.8) is 0 Å². The molecule has 0 radical (unpaired) electrons. The van der Waals surface area contributed by atoms with E-state index in [1.54, 1.807) is 0 Å². The molecule has 3 rings (SSSR count). The van der Waals surface area contributed by atoms with Gasteiger partial charge in [-0.25, -0.2) is 0 Å². The van der Waals surface area contributed by atoms with Crippen LogP contribution in [0.15, 0.2) is 60.7 Å². The molecule has 26 heavy (non-hydrogen) atoms. The van der Waals surface area contributed by atoms with E-state index in [0.717, 1.165) is 36.9 Å². The van der Waals surface area contributed by atoms with Crippen LogP contribution in [0.3, 0.4) is 0 Å². The lowest BCUT2D eigenvalue weighted by Gasteiger charge is -2.39. The third kappa shape index (κ3) is 4.36. The van der Waals surface area contributed by atoms with Crippen LogP contribution in [-0.4, -0.2) is 28.6 Å². The average Bonchev–Trinajstić information content (AvgIpc) is 2.68. The molecule has 0 aromatic heterocycles. The van der Waals surface area contributed by atoms with E-state index in [-0.39, 0.29) is 0 Å². The number of unbranched alkanes of at least 4 members (excludes halogenated alkanes) is 1. The van der Waals surface area contributed by atoms with Gasteiger partial charge in [-0.15, -0.1) is 0 Å². The van der Waals surface area contributed by atoms with Crippen LogP contribution < -0.4 is 0 Å². The number of piperidine rings is 1. The largest absolute Gasteiger partial charge is 0.380 e. The summed E-state index contributed by atoms with van der Waals surface area (Å²) in [6.07, 6.45) is 6.93. The van der Waals surface area contributed by atoms with Gasteiger partial charge in [-0.1, -0.05) is 67.1 Å². The van der Waals surface area contributed by atoms with Crippen LogP contribution in [0.4, 0.5) is 0 Å². The summed E-state index contributed by atoms with van der Waals surface area (Å²) in [6.45, 7) is 5.86. The van der Waals surface area contributed by atoms with Gasteiger partial charge in [-0.2, -0.15) is 0 Å². The lowest BCUT2D eigenvalue weighted by atomic mass is 9.82. The smallest absolute Gasteiger partial charge is 0.115 e. The summed E-state index contributed by atoms with van der Waals surface area (Å²) < 4.78 is 0. The van der Waals surface area contributed by atoms with Crippen molar-refractivity contribution in [2.24, 2.45) is 0 Å². The molecule has 2 atom stereocenters. The van der Waals surface area contributed by atoms with Crippen molar-refractivity contribution >= 4 is 0 Å². The topological polar surface area (TPSA) is 23.5 Å². The van der Waals surface area contributed by atoms with E-state index in [1.807, 2.05) is 60.7 Å². The zero-order valence-electron chi connectivity index (χ0n) is 16.3. The van der Waals surface area contributed by atoms with Crippen LogP contribution in [0.5, 0.6) is 0 Å². The number of rotatable bonds is 7. The molecule has 1 N–H and O–H groups in total. The van der Waals surface area contributed by atoms with E-state index >= 15 is 0 Å². The van der Waals surface area contributed by atoms with Gasteiger partial charge in [-0.3, -0.25) is 4.90 Å². The molecule has 0 saturated carbocycles. The summed E-state index contributed by atoms with van der Waals surface area (Å²) in [4.78, 5) is 2.66. The molecule has 2 heteroatoms. The van der Waals surface area contributed by atoms with Crippen molar-refractivity contribution in [2.45, 2.75) is 70.1 Å². The van der Waals surface area contributed by atoms with Gasteiger partial charge in [0, 0.05) is 12.1 Å². The average molecular weight is 352 g/mol. The first-order chi connectivity index (χ1) is 12.6. The number of aliphatic hydroxyl groups is 1. The normalized spacial score (nSPS) is 21.7. The SMILES string of the molecule is C[C@@H]1CCC[C@@H](C)N1CCCCC(O)(c1ccccc1)c1ccccc1. The molecule has 0 bridgehead atoms. The minimum atomic E-state index is -0.901. The van der Waals surface area contributed by atoms with Crippen LogP contribution in [-0.2, 0) is 5.60 Å². The van der Waals surface area contributed by atoms with Crippen molar-refractivity contribution in [1.29, 1.82) is 0 Å². The van der Waals surface area contributed by atoms with E-state index in [1.165, 1.54) is 19.3 Å². The van der Waals surface area contributed by atoms with Gasteiger partial charge in [0.2, 0.25) is 0 Å². The first-order valence-electron chi connectivity index (χ1n) is 10.2. The van der Waals surface area contributed by atoms with Crippen LogP contribution in [0, 0.1) is 0 Å². The van der Waals surface area contributed by atoms with Crippen molar-refractivity contribution in [3.05, 3.63) is 71.8 Å². The van der Waals surface area contributed by atoms with Crippen LogP contribution in [0.25, 0.3) is 0 Å². The van der Waals surface area contributed by atoms with Crippen LogP contribution >= 0.6 is 0 Å². The Bertz CT molecular complexity index is 605. The molecule has 0 amide bonds. The van der Waals surface area contributed by atoms with Crippen LogP contribution in [0.2, 0.25) is 0 Å². The van der Waals surface area contributed by atoms with Gasteiger partial charge in [0.15, 0.2) is 0 Å². The Morgan fingerprint density at radius 2 is 1.35 bits per heavy atom. The molecule has 2 aromatic carbocycles. The van der Waals surface area contributed by atoms with Gasteiger partial charge in [0.25, 0.3) is 0 Å². The molecule has 140 valence electrons. The van der Waals surface area contributed by atoms with Crippen molar-refractivity contribution in [2.75, 3.05) is 6.54 Å². The molecule has 1 saturated heterocycles. The molecule has 1 aliphatic rings. The first-order valence-corrected chi connectivity index (χ1v) is 10.2. The van der Waals surface area contributed by atoms with E-state index in [2.05, 4.69) is 18.7 Å². The van der Waals surface area contributed by atoms with Crippen molar-refractivity contribution in [3.8, 4) is 0 Å². The Labute approximate surface area is 158 Å². The molecular weight excluding hydrogens is 318 g/mol. The van der Waals surface area contributed by atoms with E-state index in [9.17, 15) is 5.11 Å². The molecule has 2 nitrogen and oxygen atoms in total. The zero-order chi connectivity index (χ0) is 18.4. The molecule has 1 fully saturated rings. The summed E-state index contributed by atoms with van der Waals surface area (Å²) in [6, 6.07) is 21.6. The first kappa shape index (κ1) is 19.1. The Kier molecular flexibility index (Phi) is 6.50. The number of hydrogen-bond donors (Lipinski definition) is 1. The molecule has 1 aliphatic heterocycles. The maximum absolute atomic E-state index is 11.6. The van der Waals surface area contributed by atoms with Gasteiger partial charge in [0.1, 0.15) is 5.60 Å². The zero-order valence-corrected chi connectivity index (χ0v) is 16.3. The van der Waals surface area contributed by atoms with Crippen molar-refractivity contribution < 1.29 is 5.11 Å². The summed E-state index contributed by atoms with van der Waals surface area (Å²) in [7, 11) is 0. The molecular formula is C24H33NO. The number of benzene rings is 2. The third-order valence-corrected chi connectivity index (χ3v) is 6.08.